The molecule has 0 aliphatic carbocycles. The Morgan fingerprint density at radius 1 is 0.327 bits per heavy atom. The van der Waals surface area contributed by atoms with Crippen LogP contribution in [0.4, 0.5) is 0 Å². The fourth-order valence-electron chi connectivity index (χ4n) is 7.60. The van der Waals surface area contributed by atoms with Gasteiger partial charge in [-0.1, -0.05) is 194 Å². The van der Waals surface area contributed by atoms with Crippen molar-refractivity contribution in [1.29, 1.82) is 0 Å². The van der Waals surface area contributed by atoms with Gasteiger partial charge >= 0.3 is 0 Å². The van der Waals surface area contributed by atoms with Gasteiger partial charge in [0.25, 0.3) is 0 Å². The lowest BCUT2D eigenvalue weighted by molar-refractivity contribution is 0.683. The van der Waals surface area contributed by atoms with Gasteiger partial charge in [0.05, 0.1) is 0 Å². The van der Waals surface area contributed by atoms with Crippen LogP contribution in [0, 0.1) is 0 Å². The second-order valence-electron chi connectivity index (χ2n) is 13.3. The first-order valence-corrected chi connectivity index (χ1v) is 17.5. The molecular weight excluding hydrogens is 589 g/mol. The average molecular weight is 629 g/mol. The highest BCUT2D eigenvalue weighted by atomic mass is 14.2. The van der Waals surface area contributed by atoms with Crippen molar-refractivity contribution in [2.75, 3.05) is 0 Å². The predicted octanol–water partition coefficient (Wildman–Crippen LogP) is 12.6. The second kappa shape index (κ2) is 14.2. The summed E-state index contributed by atoms with van der Waals surface area (Å²) in [4.78, 5) is 0. The Bertz CT molecular complexity index is 2270. The van der Waals surface area contributed by atoms with Gasteiger partial charge < -0.3 is 0 Å². The molecular formula is C49H40. The highest BCUT2D eigenvalue weighted by molar-refractivity contribution is 5.87. The van der Waals surface area contributed by atoms with Crippen LogP contribution in [0.1, 0.15) is 45.2 Å². The molecule has 0 heterocycles. The Morgan fingerprint density at radius 3 is 1.47 bits per heavy atom. The van der Waals surface area contributed by atoms with Crippen LogP contribution in [0.5, 0.6) is 0 Å². The smallest absolute Gasteiger partial charge is 0.0136 e. The summed E-state index contributed by atoms with van der Waals surface area (Å²) in [5, 5.41) is 5.30. The molecule has 0 spiro atoms. The molecule has 2 atom stereocenters. The molecule has 236 valence electrons. The van der Waals surface area contributed by atoms with E-state index >= 15 is 0 Å². The molecule has 8 aromatic carbocycles. The highest BCUT2D eigenvalue weighted by Crippen LogP contribution is 2.35. The van der Waals surface area contributed by atoms with E-state index in [2.05, 4.69) is 194 Å². The SMILES string of the molecule is c1ccc(C(Cc2ccc(-c3ccc(C[C@H](Cc4cccc5ccccc45)c4ccccc4)cc3)cc2)c2cccc3ccccc23)cc1. The molecule has 0 radical (unpaired) electrons. The molecule has 0 nitrogen and oxygen atoms in total. The van der Waals surface area contributed by atoms with Crippen molar-refractivity contribution in [2.24, 2.45) is 0 Å². The average Bonchev–Trinajstić information content (AvgIpc) is 3.18. The molecule has 0 aliphatic heterocycles. The standard InChI is InChI=1S/C49H40/c1-3-13-38(14-4-1)45(35-44-21-11-19-41-17-7-9-22-46(41)44)33-36-25-29-39(30-26-36)40-31-27-37(28-32-40)34-49(43-15-5-2-6-16-43)48-24-12-20-42-18-8-10-23-47(42)48/h1-32,45,49H,33-35H2/t45-,49?/m1/s1. The summed E-state index contributed by atoms with van der Waals surface area (Å²) in [7, 11) is 0. The summed E-state index contributed by atoms with van der Waals surface area (Å²) in [5.41, 5.74) is 10.8. The molecule has 0 amide bonds. The molecule has 8 aromatic rings. The van der Waals surface area contributed by atoms with Crippen LogP contribution >= 0.6 is 0 Å². The van der Waals surface area contributed by atoms with E-state index in [9.17, 15) is 0 Å². The maximum atomic E-state index is 2.33. The first kappa shape index (κ1) is 30.6. The van der Waals surface area contributed by atoms with Crippen molar-refractivity contribution >= 4 is 21.5 Å². The van der Waals surface area contributed by atoms with Gasteiger partial charge in [0.1, 0.15) is 0 Å². The third-order valence-electron chi connectivity index (χ3n) is 10.2. The van der Waals surface area contributed by atoms with Gasteiger partial charge in [-0.25, -0.2) is 0 Å². The monoisotopic (exact) mass is 628 g/mol. The Kier molecular flexibility index (Phi) is 8.86. The summed E-state index contributed by atoms with van der Waals surface area (Å²) in [6.45, 7) is 0. The summed E-state index contributed by atoms with van der Waals surface area (Å²) in [5.74, 6) is 0.681. The maximum absolute atomic E-state index is 2.33. The maximum Gasteiger partial charge on any atom is 0.0136 e. The zero-order valence-corrected chi connectivity index (χ0v) is 27.8. The highest BCUT2D eigenvalue weighted by Gasteiger charge is 2.18. The van der Waals surface area contributed by atoms with Crippen LogP contribution in [0.15, 0.2) is 194 Å². The lowest BCUT2D eigenvalue weighted by Crippen LogP contribution is -2.07. The normalized spacial score (nSPS) is 12.6. The van der Waals surface area contributed by atoms with Crippen LogP contribution in [-0.4, -0.2) is 0 Å². The van der Waals surface area contributed by atoms with Gasteiger partial charge in [-0.2, -0.15) is 0 Å². The molecule has 0 aliphatic rings. The molecule has 49 heavy (non-hydrogen) atoms. The second-order valence-corrected chi connectivity index (χ2v) is 13.3. The van der Waals surface area contributed by atoms with Crippen LogP contribution in [0.2, 0.25) is 0 Å². The lowest BCUT2D eigenvalue weighted by atomic mass is 9.83. The first-order valence-electron chi connectivity index (χ1n) is 17.5. The number of fused-ring (bicyclic) bond motifs is 2. The third kappa shape index (κ3) is 6.82. The zero-order chi connectivity index (χ0) is 32.8. The van der Waals surface area contributed by atoms with E-state index < -0.39 is 0 Å². The van der Waals surface area contributed by atoms with Crippen LogP contribution in [0.25, 0.3) is 32.7 Å². The van der Waals surface area contributed by atoms with Gasteiger partial charge in [-0.05, 0) is 91.2 Å². The molecule has 0 saturated carbocycles. The van der Waals surface area contributed by atoms with E-state index in [1.54, 1.807) is 0 Å². The van der Waals surface area contributed by atoms with Gasteiger partial charge in [0.2, 0.25) is 0 Å². The topological polar surface area (TPSA) is 0 Å². The molecule has 0 heteroatoms. The largest absolute Gasteiger partial charge is 0.0622 e. The molecule has 1 unspecified atom stereocenters. The zero-order valence-electron chi connectivity index (χ0n) is 27.8. The molecule has 8 rings (SSSR count). The summed E-state index contributed by atoms with van der Waals surface area (Å²) < 4.78 is 0. The Hall–Kier alpha value is -5.72. The molecule has 0 N–H and O–H groups in total. The number of rotatable bonds is 10. The minimum atomic E-state index is 0.281. The summed E-state index contributed by atoms with van der Waals surface area (Å²) in [6, 6.07) is 71.4. The van der Waals surface area contributed by atoms with Crippen molar-refractivity contribution < 1.29 is 0 Å². The molecule has 0 saturated heterocycles. The Labute approximate surface area is 290 Å². The van der Waals surface area contributed by atoms with E-state index in [0.29, 0.717) is 5.92 Å². The third-order valence-corrected chi connectivity index (χ3v) is 10.2. The van der Waals surface area contributed by atoms with Crippen molar-refractivity contribution in [2.45, 2.75) is 31.1 Å². The van der Waals surface area contributed by atoms with E-state index in [4.69, 9.17) is 0 Å². The van der Waals surface area contributed by atoms with Gasteiger partial charge in [0.15, 0.2) is 0 Å². The van der Waals surface area contributed by atoms with Gasteiger partial charge in [0, 0.05) is 5.92 Å². The molecule has 0 bridgehead atoms. The predicted molar refractivity (Wildman–Crippen MR) is 208 cm³/mol. The van der Waals surface area contributed by atoms with E-state index in [1.807, 2.05) is 0 Å². The Morgan fingerprint density at radius 2 is 0.816 bits per heavy atom. The number of hydrogen-bond acceptors (Lipinski definition) is 0. The van der Waals surface area contributed by atoms with Gasteiger partial charge in [-0.3, -0.25) is 0 Å². The molecule has 0 fully saturated rings. The molecule has 0 aromatic heterocycles. The van der Waals surface area contributed by atoms with Crippen LogP contribution in [0.3, 0.4) is 0 Å². The minimum Gasteiger partial charge on any atom is -0.0622 e. The summed E-state index contributed by atoms with van der Waals surface area (Å²) in [6.07, 6.45) is 2.97. The minimum absolute atomic E-state index is 0.281. The van der Waals surface area contributed by atoms with Crippen molar-refractivity contribution in [1.82, 2.24) is 0 Å². The van der Waals surface area contributed by atoms with E-state index in [-0.39, 0.29) is 5.92 Å². The van der Waals surface area contributed by atoms with Crippen molar-refractivity contribution in [3.8, 4) is 11.1 Å². The first-order chi connectivity index (χ1) is 24.3. The van der Waals surface area contributed by atoms with E-state index in [1.165, 1.54) is 66.1 Å². The number of hydrogen-bond donors (Lipinski definition) is 0. The lowest BCUT2D eigenvalue weighted by Gasteiger charge is -2.21. The number of benzene rings is 8. The van der Waals surface area contributed by atoms with Crippen molar-refractivity contribution in [3.63, 3.8) is 0 Å². The summed E-state index contributed by atoms with van der Waals surface area (Å²) >= 11 is 0. The Balaban J connectivity index is 1.02. The fourth-order valence-corrected chi connectivity index (χ4v) is 7.60. The van der Waals surface area contributed by atoms with Crippen LogP contribution in [-0.2, 0) is 19.3 Å². The van der Waals surface area contributed by atoms with Crippen molar-refractivity contribution in [3.05, 3.63) is 228 Å². The fraction of sp³-hybridized carbons (Fsp3) is 0.102. The van der Waals surface area contributed by atoms with Gasteiger partial charge in [-0.15, -0.1) is 0 Å². The van der Waals surface area contributed by atoms with E-state index in [0.717, 1.165) is 19.3 Å². The quantitative estimate of drug-likeness (QED) is 0.141. The van der Waals surface area contributed by atoms with Crippen LogP contribution < -0.4 is 0 Å².